The molecule has 1 N–H and O–H groups in total. The molecule has 2 aromatic carbocycles. The van der Waals surface area contributed by atoms with Crippen LogP contribution in [0.25, 0.3) is 21.3 Å². The fourth-order valence-corrected chi connectivity index (χ4v) is 3.99. The van der Waals surface area contributed by atoms with Crippen molar-refractivity contribution < 1.29 is 13.9 Å². The van der Waals surface area contributed by atoms with Crippen LogP contribution in [-0.4, -0.2) is 23.2 Å². The van der Waals surface area contributed by atoms with Crippen LogP contribution in [0.5, 0.6) is 11.5 Å². The van der Waals surface area contributed by atoms with Gasteiger partial charge in [-0.2, -0.15) is 0 Å². The minimum Gasteiger partial charge on any atom is -0.486 e. The summed E-state index contributed by atoms with van der Waals surface area (Å²) in [5, 5.41) is 6.27. The molecular formula is C20H14FN3O2S. The van der Waals surface area contributed by atoms with Crippen LogP contribution in [0.15, 0.2) is 54.2 Å². The van der Waals surface area contributed by atoms with E-state index in [1.54, 1.807) is 12.1 Å². The highest BCUT2D eigenvalue weighted by Gasteiger charge is 2.15. The number of rotatable bonds is 3. The van der Waals surface area contributed by atoms with E-state index in [1.807, 2.05) is 23.6 Å². The molecule has 7 heteroatoms. The number of aromatic nitrogens is 2. The van der Waals surface area contributed by atoms with Gasteiger partial charge < -0.3 is 14.8 Å². The number of nitrogens with one attached hydrogen (secondary N) is 1. The largest absolute Gasteiger partial charge is 0.486 e. The van der Waals surface area contributed by atoms with Crippen molar-refractivity contribution in [2.24, 2.45) is 0 Å². The summed E-state index contributed by atoms with van der Waals surface area (Å²) in [7, 11) is 0. The van der Waals surface area contributed by atoms with Crippen molar-refractivity contribution in [2.75, 3.05) is 18.5 Å². The van der Waals surface area contributed by atoms with Crippen LogP contribution in [-0.2, 0) is 0 Å². The number of fused-ring (bicyclic) bond motifs is 2. The topological polar surface area (TPSA) is 56.3 Å². The predicted octanol–water partition coefficient (Wildman–Crippen LogP) is 5.01. The van der Waals surface area contributed by atoms with Crippen LogP contribution in [0.1, 0.15) is 0 Å². The van der Waals surface area contributed by atoms with Crippen LogP contribution < -0.4 is 14.8 Å². The quantitative estimate of drug-likeness (QED) is 0.542. The molecule has 4 aromatic rings. The Morgan fingerprint density at radius 3 is 2.63 bits per heavy atom. The minimum absolute atomic E-state index is 0.260. The van der Waals surface area contributed by atoms with Gasteiger partial charge in [-0.05, 0) is 29.8 Å². The number of nitrogens with zero attached hydrogens (tertiary/aromatic N) is 2. The van der Waals surface area contributed by atoms with Gasteiger partial charge in [-0.15, -0.1) is 11.3 Å². The second kappa shape index (κ2) is 6.51. The molecule has 0 saturated heterocycles. The Kier molecular flexibility index (Phi) is 3.86. The molecule has 134 valence electrons. The fourth-order valence-electron chi connectivity index (χ4n) is 3.07. The first-order chi connectivity index (χ1) is 13.3. The molecule has 2 aromatic heterocycles. The second-order valence-corrected chi connectivity index (χ2v) is 6.90. The summed E-state index contributed by atoms with van der Waals surface area (Å²) in [5.74, 6) is 1.88. The molecule has 0 fully saturated rings. The van der Waals surface area contributed by atoms with Gasteiger partial charge in [0.25, 0.3) is 0 Å². The maximum absolute atomic E-state index is 13.3. The van der Waals surface area contributed by atoms with Gasteiger partial charge in [0, 0.05) is 22.7 Å². The lowest BCUT2D eigenvalue weighted by Gasteiger charge is -2.19. The summed E-state index contributed by atoms with van der Waals surface area (Å²) in [4.78, 5) is 9.66. The lowest BCUT2D eigenvalue weighted by Crippen LogP contribution is -2.15. The molecule has 5 rings (SSSR count). The van der Waals surface area contributed by atoms with E-state index in [4.69, 9.17) is 9.47 Å². The van der Waals surface area contributed by atoms with E-state index in [2.05, 4.69) is 15.3 Å². The monoisotopic (exact) mass is 379 g/mol. The van der Waals surface area contributed by atoms with Gasteiger partial charge in [0.2, 0.25) is 0 Å². The molecule has 27 heavy (non-hydrogen) atoms. The summed E-state index contributed by atoms with van der Waals surface area (Å²) >= 11 is 1.53. The number of ether oxygens (including phenoxy) is 2. The SMILES string of the molecule is Fc1ccc(-c2csc3ncnc(Nc4ccc5c(c4)OCCO5)c23)cc1. The Morgan fingerprint density at radius 1 is 0.963 bits per heavy atom. The molecule has 0 amide bonds. The summed E-state index contributed by atoms with van der Waals surface area (Å²) in [6.07, 6.45) is 1.54. The number of hydrogen-bond acceptors (Lipinski definition) is 6. The summed E-state index contributed by atoms with van der Waals surface area (Å²) in [5.41, 5.74) is 2.73. The van der Waals surface area contributed by atoms with Crippen molar-refractivity contribution in [1.29, 1.82) is 0 Å². The van der Waals surface area contributed by atoms with Crippen molar-refractivity contribution in [1.82, 2.24) is 9.97 Å². The Labute approximate surface area is 158 Å². The van der Waals surface area contributed by atoms with E-state index in [9.17, 15) is 4.39 Å². The van der Waals surface area contributed by atoms with Crippen LogP contribution in [0.2, 0.25) is 0 Å². The molecule has 0 spiro atoms. The van der Waals surface area contributed by atoms with Gasteiger partial charge in [0.15, 0.2) is 11.5 Å². The Morgan fingerprint density at radius 2 is 1.78 bits per heavy atom. The summed E-state index contributed by atoms with van der Waals surface area (Å²) < 4.78 is 24.5. The first-order valence-corrected chi connectivity index (χ1v) is 9.31. The van der Waals surface area contributed by atoms with Crippen molar-refractivity contribution in [3.8, 4) is 22.6 Å². The lowest BCUT2D eigenvalue weighted by molar-refractivity contribution is 0.171. The van der Waals surface area contributed by atoms with Crippen LogP contribution in [0, 0.1) is 5.82 Å². The third-order valence-corrected chi connectivity index (χ3v) is 5.22. The molecule has 5 nitrogen and oxygen atoms in total. The van der Waals surface area contributed by atoms with Gasteiger partial charge in [0.1, 0.15) is 36.0 Å². The number of hydrogen-bond donors (Lipinski definition) is 1. The first kappa shape index (κ1) is 16.0. The van der Waals surface area contributed by atoms with Gasteiger partial charge in [-0.1, -0.05) is 12.1 Å². The van der Waals surface area contributed by atoms with E-state index in [0.717, 1.165) is 32.8 Å². The van der Waals surface area contributed by atoms with Gasteiger partial charge in [0.05, 0.1) is 5.39 Å². The van der Waals surface area contributed by atoms with E-state index < -0.39 is 0 Å². The number of benzene rings is 2. The third kappa shape index (κ3) is 2.96. The highest BCUT2D eigenvalue weighted by atomic mass is 32.1. The summed E-state index contributed by atoms with van der Waals surface area (Å²) in [6.45, 7) is 1.09. The molecule has 1 aliphatic rings. The standard InChI is InChI=1S/C20H14FN3O2S/c21-13-3-1-12(2-4-13)15-10-27-20-18(15)19(22-11-23-20)24-14-5-6-16-17(9-14)26-8-7-25-16/h1-6,9-11H,7-8H2,(H,22,23,24). The zero-order chi connectivity index (χ0) is 18.2. The zero-order valence-electron chi connectivity index (χ0n) is 14.1. The van der Waals surface area contributed by atoms with Gasteiger partial charge in [-0.25, -0.2) is 14.4 Å². The molecule has 1 aliphatic heterocycles. The van der Waals surface area contributed by atoms with Crippen molar-refractivity contribution in [2.45, 2.75) is 0 Å². The zero-order valence-corrected chi connectivity index (χ0v) is 14.9. The molecule has 0 aliphatic carbocycles. The van der Waals surface area contributed by atoms with Crippen LogP contribution >= 0.6 is 11.3 Å². The molecule has 0 saturated carbocycles. The maximum Gasteiger partial charge on any atom is 0.163 e. The average molecular weight is 379 g/mol. The van der Waals surface area contributed by atoms with E-state index in [0.29, 0.717) is 24.8 Å². The van der Waals surface area contributed by atoms with Crippen molar-refractivity contribution >= 4 is 33.1 Å². The van der Waals surface area contributed by atoms with Crippen LogP contribution in [0.4, 0.5) is 15.9 Å². The molecule has 0 unspecified atom stereocenters. The first-order valence-electron chi connectivity index (χ1n) is 8.43. The average Bonchev–Trinajstić information content (AvgIpc) is 3.14. The van der Waals surface area contributed by atoms with E-state index in [1.165, 1.54) is 29.8 Å². The number of thiophene rings is 1. The van der Waals surface area contributed by atoms with Gasteiger partial charge in [-0.3, -0.25) is 0 Å². The molecular weight excluding hydrogens is 365 g/mol. The predicted molar refractivity (Wildman–Crippen MR) is 104 cm³/mol. The van der Waals surface area contributed by atoms with E-state index >= 15 is 0 Å². The molecule has 3 heterocycles. The minimum atomic E-state index is -0.260. The fraction of sp³-hybridized carbons (Fsp3) is 0.100. The van der Waals surface area contributed by atoms with Crippen molar-refractivity contribution in [3.05, 3.63) is 60.0 Å². The van der Waals surface area contributed by atoms with Crippen LogP contribution in [0.3, 0.4) is 0 Å². The molecule has 0 radical (unpaired) electrons. The smallest absolute Gasteiger partial charge is 0.163 e. The normalized spacial score (nSPS) is 12.9. The van der Waals surface area contributed by atoms with Gasteiger partial charge >= 0.3 is 0 Å². The summed E-state index contributed by atoms with van der Waals surface area (Å²) in [6, 6.07) is 12.1. The highest BCUT2D eigenvalue weighted by molar-refractivity contribution is 7.17. The second-order valence-electron chi connectivity index (χ2n) is 6.04. The molecule has 0 bridgehead atoms. The number of anilines is 2. The molecule has 0 atom stereocenters. The van der Waals surface area contributed by atoms with Crippen molar-refractivity contribution in [3.63, 3.8) is 0 Å². The Hall–Kier alpha value is -3.19. The highest BCUT2D eigenvalue weighted by Crippen LogP contribution is 2.39. The third-order valence-electron chi connectivity index (χ3n) is 4.33. The maximum atomic E-state index is 13.3. The number of halogens is 1. The Bertz CT molecular complexity index is 1130. The van der Waals surface area contributed by atoms with E-state index in [-0.39, 0.29) is 5.82 Å². The Balaban J connectivity index is 1.57. The lowest BCUT2D eigenvalue weighted by atomic mass is 10.1.